The highest BCUT2D eigenvalue weighted by Crippen LogP contribution is 2.22. The molecule has 1 unspecified atom stereocenters. The van der Waals surface area contributed by atoms with E-state index in [2.05, 4.69) is 14.6 Å². The van der Waals surface area contributed by atoms with Gasteiger partial charge in [-0.25, -0.2) is 13.1 Å². The summed E-state index contributed by atoms with van der Waals surface area (Å²) in [4.78, 5) is 6.73. The Labute approximate surface area is 155 Å². The number of ether oxygens (including phenoxy) is 1. The lowest BCUT2D eigenvalue weighted by Gasteiger charge is -2.34. The zero-order valence-electron chi connectivity index (χ0n) is 15.2. The molecule has 0 radical (unpaired) electrons. The van der Waals surface area contributed by atoms with Crippen LogP contribution in [0.3, 0.4) is 0 Å². The van der Waals surface area contributed by atoms with Gasteiger partial charge < -0.3 is 4.74 Å². The number of hydrogen-bond donors (Lipinski definition) is 1. The summed E-state index contributed by atoms with van der Waals surface area (Å²) in [6, 6.07) is 8.99. The number of hydrogen-bond acceptors (Lipinski definition) is 5. The van der Waals surface area contributed by atoms with Gasteiger partial charge in [-0.3, -0.25) is 9.88 Å². The zero-order valence-corrected chi connectivity index (χ0v) is 16.0. The van der Waals surface area contributed by atoms with Gasteiger partial charge in [0.2, 0.25) is 10.0 Å². The first-order chi connectivity index (χ1) is 12.5. The van der Waals surface area contributed by atoms with E-state index >= 15 is 0 Å². The molecule has 6 nitrogen and oxygen atoms in total. The predicted molar refractivity (Wildman–Crippen MR) is 100 cm³/mol. The van der Waals surface area contributed by atoms with Crippen molar-refractivity contribution < 1.29 is 13.2 Å². The quantitative estimate of drug-likeness (QED) is 0.837. The molecular weight excluding hydrogens is 350 g/mol. The van der Waals surface area contributed by atoms with E-state index in [1.54, 1.807) is 24.5 Å². The molecule has 1 aliphatic heterocycles. The first-order valence-electron chi connectivity index (χ1n) is 8.76. The second-order valence-electron chi connectivity index (χ2n) is 6.55. The lowest BCUT2D eigenvalue weighted by molar-refractivity contribution is 0.0171. The fraction of sp³-hybridized carbons (Fsp3) is 0.421. The van der Waals surface area contributed by atoms with Gasteiger partial charge in [-0.05, 0) is 48.7 Å². The van der Waals surface area contributed by atoms with Crippen LogP contribution < -0.4 is 4.72 Å². The summed E-state index contributed by atoms with van der Waals surface area (Å²) in [6.45, 7) is 7.02. The van der Waals surface area contributed by atoms with Gasteiger partial charge in [0.15, 0.2) is 0 Å². The molecule has 1 saturated heterocycles. The van der Waals surface area contributed by atoms with Crippen LogP contribution in [0.1, 0.15) is 22.7 Å². The molecule has 2 heterocycles. The molecule has 0 spiro atoms. The molecule has 0 saturated carbocycles. The van der Waals surface area contributed by atoms with Crippen molar-refractivity contribution in [2.75, 3.05) is 32.8 Å². The molecule has 7 heteroatoms. The summed E-state index contributed by atoms with van der Waals surface area (Å²) in [5, 5.41) is 0. The minimum Gasteiger partial charge on any atom is -0.379 e. The van der Waals surface area contributed by atoms with Crippen LogP contribution in [-0.4, -0.2) is 51.1 Å². The van der Waals surface area contributed by atoms with Crippen LogP contribution in [0.5, 0.6) is 0 Å². The van der Waals surface area contributed by atoms with Gasteiger partial charge >= 0.3 is 0 Å². The molecule has 1 aromatic heterocycles. The summed E-state index contributed by atoms with van der Waals surface area (Å²) >= 11 is 0. The molecule has 26 heavy (non-hydrogen) atoms. The number of pyridine rings is 1. The van der Waals surface area contributed by atoms with Crippen LogP contribution >= 0.6 is 0 Å². The fourth-order valence-electron chi connectivity index (χ4n) is 3.07. The second kappa shape index (κ2) is 8.26. The number of rotatable bonds is 6. The molecule has 0 aliphatic carbocycles. The Morgan fingerprint density at radius 1 is 1.19 bits per heavy atom. The Morgan fingerprint density at radius 2 is 1.96 bits per heavy atom. The van der Waals surface area contributed by atoms with Gasteiger partial charge in [0.1, 0.15) is 0 Å². The molecule has 1 fully saturated rings. The van der Waals surface area contributed by atoms with Crippen molar-refractivity contribution in [1.29, 1.82) is 0 Å². The van der Waals surface area contributed by atoms with E-state index < -0.39 is 10.0 Å². The Kier molecular flexibility index (Phi) is 6.03. The predicted octanol–water partition coefficient (Wildman–Crippen LogP) is 2.05. The highest BCUT2D eigenvalue weighted by atomic mass is 32.2. The summed E-state index contributed by atoms with van der Waals surface area (Å²) in [7, 11) is -3.57. The van der Waals surface area contributed by atoms with E-state index in [1.165, 1.54) is 0 Å². The van der Waals surface area contributed by atoms with Gasteiger partial charge in [-0.2, -0.15) is 0 Å². The Hall–Kier alpha value is -1.80. The van der Waals surface area contributed by atoms with Crippen LogP contribution in [0.15, 0.2) is 47.6 Å². The smallest absolute Gasteiger partial charge is 0.240 e. The van der Waals surface area contributed by atoms with Crippen molar-refractivity contribution in [2.24, 2.45) is 0 Å². The second-order valence-corrected chi connectivity index (χ2v) is 8.32. The third-order valence-electron chi connectivity index (χ3n) is 4.81. The summed E-state index contributed by atoms with van der Waals surface area (Å²) < 4.78 is 33.7. The van der Waals surface area contributed by atoms with E-state index in [0.717, 1.165) is 29.8 Å². The van der Waals surface area contributed by atoms with Crippen molar-refractivity contribution in [3.8, 4) is 0 Å². The number of nitrogens with zero attached hydrogens (tertiary/aromatic N) is 2. The minimum atomic E-state index is -3.57. The van der Waals surface area contributed by atoms with Crippen molar-refractivity contribution in [3.63, 3.8) is 0 Å². The lowest BCUT2D eigenvalue weighted by atomic mass is 10.1. The third kappa shape index (κ3) is 4.48. The molecule has 0 bridgehead atoms. The Balaban J connectivity index is 1.79. The molecule has 140 valence electrons. The SMILES string of the molecule is Cc1ccc(S(=O)(=O)NCC(c2cccnc2)N2CCOCC2)cc1C. The largest absolute Gasteiger partial charge is 0.379 e. The zero-order chi connectivity index (χ0) is 18.6. The van der Waals surface area contributed by atoms with Crippen LogP contribution in [0, 0.1) is 13.8 Å². The van der Waals surface area contributed by atoms with Crippen molar-refractivity contribution >= 4 is 10.0 Å². The number of aromatic nitrogens is 1. The maximum atomic E-state index is 12.7. The van der Waals surface area contributed by atoms with Crippen molar-refractivity contribution in [3.05, 3.63) is 59.4 Å². The van der Waals surface area contributed by atoms with Crippen molar-refractivity contribution in [2.45, 2.75) is 24.8 Å². The number of benzene rings is 1. The van der Waals surface area contributed by atoms with Crippen LogP contribution in [-0.2, 0) is 14.8 Å². The van der Waals surface area contributed by atoms with Gasteiger partial charge in [-0.15, -0.1) is 0 Å². The molecule has 1 aromatic carbocycles. The van der Waals surface area contributed by atoms with E-state index in [0.29, 0.717) is 24.7 Å². The monoisotopic (exact) mass is 375 g/mol. The first kappa shape index (κ1) is 19.0. The number of aryl methyl sites for hydroxylation is 2. The van der Waals surface area contributed by atoms with Crippen LogP contribution in [0.2, 0.25) is 0 Å². The first-order valence-corrected chi connectivity index (χ1v) is 10.2. The highest BCUT2D eigenvalue weighted by Gasteiger charge is 2.25. The van der Waals surface area contributed by atoms with Gasteiger partial charge in [0.25, 0.3) is 0 Å². The maximum absolute atomic E-state index is 12.7. The van der Waals surface area contributed by atoms with Crippen LogP contribution in [0.4, 0.5) is 0 Å². The normalized spacial score (nSPS) is 17.2. The molecule has 2 aromatic rings. The van der Waals surface area contributed by atoms with E-state index in [1.807, 2.05) is 32.0 Å². The highest BCUT2D eigenvalue weighted by molar-refractivity contribution is 7.89. The Morgan fingerprint density at radius 3 is 2.62 bits per heavy atom. The standard InChI is InChI=1S/C19H25N3O3S/c1-15-5-6-18(12-16(15)2)26(23,24)21-14-19(17-4-3-7-20-13-17)22-8-10-25-11-9-22/h3-7,12-13,19,21H,8-11,14H2,1-2H3. The minimum absolute atomic E-state index is 0.0751. The van der Waals surface area contributed by atoms with Crippen LogP contribution in [0.25, 0.3) is 0 Å². The van der Waals surface area contributed by atoms with Gasteiger partial charge in [0, 0.05) is 32.0 Å². The van der Waals surface area contributed by atoms with Gasteiger partial charge in [0.05, 0.1) is 24.2 Å². The molecule has 0 amide bonds. The summed E-state index contributed by atoms with van der Waals surface area (Å²) in [5.74, 6) is 0. The molecule has 3 rings (SSSR count). The third-order valence-corrected chi connectivity index (χ3v) is 6.23. The van der Waals surface area contributed by atoms with Crippen molar-refractivity contribution in [1.82, 2.24) is 14.6 Å². The molecular formula is C19H25N3O3S. The number of nitrogens with one attached hydrogen (secondary N) is 1. The summed E-state index contributed by atoms with van der Waals surface area (Å²) in [5.41, 5.74) is 3.03. The van der Waals surface area contributed by atoms with E-state index in [9.17, 15) is 8.42 Å². The van der Waals surface area contributed by atoms with Gasteiger partial charge in [-0.1, -0.05) is 12.1 Å². The molecule has 1 N–H and O–H groups in total. The number of sulfonamides is 1. The average molecular weight is 375 g/mol. The van der Waals surface area contributed by atoms with E-state index in [4.69, 9.17) is 4.74 Å². The maximum Gasteiger partial charge on any atom is 0.240 e. The summed E-state index contributed by atoms with van der Waals surface area (Å²) in [6.07, 6.45) is 3.52. The Bertz CT molecular complexity index is 834. The molecule has 1 aliphatic rings. The molecule has 1 atom stereocenters. The topological polar surface area (TPSA) is 71.5 Å². The van der Waals surface area contributed by atoms with E-state index in [-0.39, 0.29) is 6.04 Å². The fourth-order valence-corrected chi connectivity index (χ4v) is 4.20. The number of morpholine rings is 1. The average Bonchev–Trinajstić information content (AvgIpc) is 2.66. The lowest BCUT2D eigenvalue weighted by Crippen LogP contribution is -2.43.